The van der Waals surface area contributed by atoms with Gasteiger partial charge in [-0.1, -0.05) is 19.1 Å². The molecule has 1 aromatic carbocycles. The predicted molar refractivity (Wildman–Crippen MR) is 103 cm³/mol. The summed E-state index contributed by atoms with van der Waals surface area (Å²) in [5.74, 6) is 2.27. The highest BCUT2D eigenvalue weighted by Gasteiger charge is 2.20. The number of carbonyl (C=O) groups excluding carboxylic acids is 1. The van der Waals surface area contributed by atoms with E-state index in [1.165, 1.54) is 0 Å². The molecule has 5 nitrogen and oxygen atoms in total. The lowest BCUT2D eigenvalue weighted by atomic mass is 10.2. The van der Waals surface area contributed by atoms with Gasteiger partial charge < -0.3 is 20.4 Å². The number of nitrogens with one attached hydrogen (secondary N) is 2. The summed E-state index contributed by atoms with van der Waals surface area (Å²) in [7, 11) is 0. The minimum Gasteiger partial charge on any atom is -0.367 e. The van der Waals surface area contributed by atoms with Crippen molar-refractivity contribution in [2.75, 3.05) is 61.0 Å². The van der Waals surface area contributed by atoms with Crippen LogP contribution in [0.2, 0.25) is 0 Å². The predicted octanol–water partition coefficient (Wildman–Crippen LogP) is 1.86. The second-order valence-electron chi connectivity index (χ2n) is 6.42. The van der Waals surface area contributed by atoms with Gasteiger partial charge in [-0.05, 0) is 18.7 Å². The van der Waals surface area contributed by atoms with Crippen LogP contribution >= 0.6 is 11.8 Å². The lowest BCUT2D eigenvalue weighted by Crippen LogP contribution is -2.46. The van der Waals surface area contributed by atoms with E-state index in [1.807, 2.05) is 23.9 Å². The van der Waals surface area contributed by atoms with Crippen LogP contribution in [0, 0.1) is 0 Å². The molecule has 1 amide bonds. The number of hydrogen-bond donors (Lipinski definition) is 2. The van der Waals surface area contributed by atoms with Crippen molar-refractivity contribution in [3.63, 3.8) is 0 Å². The molecule has 0 bridgehead atoms. The molecular weight excluding hydrogens is 320 g/mol. The number of likely N-dealkylation sites (N-methyl/N-ethyl adjacent to an activating group) is 1. The van der Waals surface area contributed by atoms with Crippen LogP contribution in [-0.2, 0) is 4.79 Å². The summed E-state index contributed by atoms with van der Waals surface area (Å²) >= 11 is 1.92. The first-order valence-corrected chi connectivity index (χ1v) is 10.1. The van der Waals surface area contributed by atoms with Crippen LogP contribution in [0.15, 0.2) is 24.3 Å². The second kappa shape index (κ2) is 8.74. The van der Waals surface area contributed by atoms with Crippen molar-refractivity contribution in [2.45, 2.75) is 19.4 Å². The highest BCUT2D eigenvalue weighted by atomic mass is 32.2. The molecule has 0 spiro atoms. The normalized spacial score (nSPS) is 22.4. The van der Waals surface area contributed by atoms with Gasteiger partial charge in [0.1, 0.15) is 0 Å². The summed E-state index contributed by atoms with van der Waals surface area (Å²) < 4.78 is 0. The van der Waals surface area contributed by atoms with Gasteiger partial charge >= 0.3 is 0 Å². The molecule has 1 aromatic rings. The van der Waals surface area contributed by atoms with E-state index in [9.17, 15) is 4.79 Å². The van der Waals surface area contributed by atoms with E-state index in [4.69, 9.17) is 0 Å². The Bertz CT molecular complexity index is 540. The summed E-state index contributed by atoms with van der Waals surface area (Å²) in [6.07, 6.45) is 0.547. The fourth-order valence-corrected chi connectivity index (χ4v) is 4.29. The lowest BCUT2D eigenvalue weighted by molar-refractivity contribution is -0.116. The first kappa shape index (κ1) is 17.6. The number of benzene rings is 1. The Labute approximate surface area is 149 Å². The van der Waals surface area contributed by atoms with E-state index in [1.54, 1.807) is 0 Å². The second-order valence-corrected chi connectivity index (χ2v) is 7.57. The largest absolute Gasteiger partial charge is 0.367 e. The van der Waals surface area contributed by atoms with E-state index in [-0.39, 0.29) is 5.91 Å². The van der Waals surface area contributed by atoms with Crippen molar-refractivity contribution in [3.8, 4) is 0 Å². The number of para-hydroxylation sites is 2. The third kappa shape index (κ3) is 4.65. The molecule has 1 unspecified atom stereocenters. The number of hydrogen-bond acceptors (Lipinski definition) is 5. The van der Waals surface area contributed by atoms with Gasteiger partial charge in [-0.3, -0.25) is 4.79 Å². The quantitative estimate of drug-likeness (QED) is 0.851. The van der Waals surface area contributed by atoms with E-state index in [0.29, 0.717) is 12.5 Å². The van der Waals surface area contributed by atoms with Gasteiger partial charge in [0.25, 0.3) is 0 Å². The molecular formula is C18H28N4OS. The lowest BCUT2D eigenvalue weighted by Gasteiger charge is -2.36. The molecule has 6 heteroatoms. The Balaban J connectivity index is 1.60. The number of piperazine rings is 1. The average Bonchev–Trinajstić information content (AvgIpc) is 2.63. The Kier molecular flexibility index (Phi) is 6.40. The summed E-state index contributed by atoms with van der Waals surface area (Å²) in [5.41, 5.74) is 2.09. The van der Waals surface area contributed by atoms with Crippen LogP contribution in [0.4, 0.5) is 11.4 Å². The molecule has 0 aliphatic carbocycles. The fourth-order valence-electron chi connectivity index (χ4n) is 3.34. The molecule has 2 aliphatic rings. The molecule has 0 aromatic heterocycles. The molecule has 2 aliphatic heterocycles. The van der Waals surface area contributed by atoms with Gasteiger partial charge in [0.05, 0.1) is 11.4 Å². The van der Waals surface area contributed by atoms with Crippen LogP contribution in [0.1, 0.15) is 13.3 Å². The Morgan fingerprint density at radius 3 is 2.79 bits per heavy atom. The minimum atomic E-state index is 0.106. The number of amides is 1. The molecule has 1 atom stereocenters. The van der Waals surface area contributed by atoms with Gasteiger partial charge in [-0.2, -0.15) is 11.8 Å². The maximum atomic E-state index is 12.4. The first-order chi connectivity index (χ1) is 11.8. The van der Waals surface area contributed by atoms with E-state index < -0.39 is 0 Å². The molecule has 2 heterocycles. The van der Waals surface area contributed by atoms with Gasteiger partial charge in [0, 0.05) is 56.7 Å². The fraction of sp³-hybridized carbons (Fsp3) is 0.611. The summed E-state index contributed by atoms with van der Waals surface area (Å²) in [5, 5.41) is 6.56. The molecule has 3 rings (SSSR count). The number of thioether (sulfide) groups is 1. The van der Waals surface area contributed by atoms with Crippen molar-refractivity contribution in [2.24, 2.45) is 0 Å². The van der Waals surface area contributed by atoms with Crippen molar-refractivity contribution in [1.82, 2.24) is 10.2 Å². The third-order valence-electron chi connectivity index (χ3n) is 4.77. The van der Waals surface area contributed by atoms with Gasteiger partial charge in [-0.15, -0.1) is 0 Å². The number of rotatable bonds is 5. The standard InChI is InChI=1S/C18H28N4OS/c1-2-21-8-10-22(11-9-21)17-6-4-3-5-16(17)20-18(23)13-15-14-24-12-7-19-15/h3-6,15,19H,2,7-14H2,1H3,(H,20,23). The van der Waals surface area contributed by atoms with E-state index >= 15 is 0 Å². The number of carbonyl (C=O) groups is 1. The Morgan fingerprint density at radius 2 is 2.08 bits per heavy atom. The van der Waals surface area contributed by atoms with Crippen molar-refractivity contribution in [1.29, 1.82) is 0 Å². The maximum absolute atomic E-state index is 12.4. The summed E-state index contributed by atoms with van der Waals surface area (Å²) in [6.45, 7) is 8.52. The van der Waals surface area contributed by atoms with Crippen molar-refractivity contribution < 1.29 is 4.79 Å². The van der Waals surface area contributed by atoms with E-state index in [0.717, 1.165) is 62.1 Å². The van der Waals surface area contributed by atoms with Crippen LogP contribution in [0.5, 0.6) is 0 Å². The van der Waals surface area contributed by atoms with Crippen LogP contribution in [0.3, 0.4) is 0 Å². The molecule has 132 valence electrons. The summed E-state index contributed by atoms with van der Waals surface area (Å²) in [6, 6.07) is 8.48. The van der Waals surface area contributed by atoms with Gasteiger partial charge in [-0.25, -0.2) is 0 Å². The molecule has 2 saturated heterocycles. The highest BCUT2D eigenvalue weighted by Crippen LogP contribution is 2.27. The first-order valence-electron chi connectivity index (χ1n) is 8.93. The minimum absolute atomic E-state index is 0.106. The topological polar surface area (TPSA) is 47.6 Å². The van der Waals surface area contributed by atoms with Crippen molar-refractivity contribution in [3.05, 3.63) is 24.3 Å². The monoisotopic (exact) mass is 348 g/mol. The van der Waals surface area contributed by atoms with Crippen molar-refractivity contribution >= 4 is 29.0 Å². The Hall–Kier alpha value is -1.24. The zero-order valence-electron chi connectivity index (χ0n) is 14.5. The molecule has 0 radical (unpaired) electrons. The molecule has 2 N–H and O–H groups in total. The van der Waals surface area contributed by atoms with Crippen LogP contribution < -0.4 is 15.5 Å². The number of nitrogens with zero attached hydrogens (tertiary/aromatic N) is 2. The molecule has 0 saturated carbocycles. The maximum Gasteiger partial charge on any atom is 0.226 e. The highest BCUT2D eigenvalue weighted by molar-refractivity contribution is 7.99. The van der Waals surface area contributed by atoms with Crippen LogP contribution in [-0.4, -0.2) is 67.6 Å². The van der Waals surface area contributed by atoms with Crippen LogP contribution in [0.25, 0.3) is 0 Å². The van der Waals surface area contributed by atoms with Gasteiger partial charge in [0.15, 0.2) is 0 Å². The SMILES string of the molecule is CCN1CCN(c2ccccc2NC(=O)CC2CSCCN2)CC1. The Morgan fingerprint density at radius 1 is 1.29 bits per heavy atom. The summed E-state index contributed by atoms with van der Waals surface area (Å²) in [4.78, 5) is 17.3. The molecule has 24 heavy (non-hydrogen) atoms. The van der Waals surface area contributed by atoms with Gasteiger partial charge in [0.2, 0.25) is 5.91 Å². The average molecular weight is 349 g/mol. The van der Waals surface area contributed by atoms with E-state index in [2.05, 4.69) is 39.5 Å². The zero-order chi connectivity index (χ0) is 16.8. The molecule has 2 fully saturated rings. The third-order valence-corrected chi connectivity index (χ3v) is 5.90. The number of anilines is 2. The zero-order valence-corrected chi connectivity index (χ0v) is 15.3. The smallest absolute Gasteiger partial charge is 0.226 e.